The summed E-state index contributed by atoms with van der Waals surface area (Å²) in [5.41, 5.74) is 1.19. The number of hydrogen-bond donors (Lipinski definition) is 2. The first-order valence-corrected chi connectivity index (χ1v) is 8.34. The number of nitrogens with zero attached hydrogens (tertiary/aromatic N) is 2. The van der Waals surface area contributed by atoms with Gasteiger partial charge in [-0.15, -0.1) is 0 Å². The van der Waals surface area contributed by atoms with Crippen LogP contribution in [0.1, 0.15) is 12.8 Å². The molecular weight excluding hydrogens is 276 g/mol. The third-order valence-electron chi connectivity index (χ3n) is 4.53. The third-order valence-corrected chi connectivity index (χ3v) is 4.53. The summed E-state index contributed by atoms with van der Waals surface area (Å²) in [5, 5.41) is 6.86. The van der Waals surface area contributed by atoms with Crippen LogP contribution in [0.5, 0.6) is 0 Å². The Bertz CT molecular complexity index is 473. The highest BCUT2D eigenvalue weighted by Crippen LogP contribution is 2.16. The van der Waals surface area contributed by atoms with Gasteiger partial charge in [0.2, 0.25) is 5.91 Å². The summed E-state index contributed by atoms with van der Waals surface area (Å²) in [6.45, 7) is 6.57. The van der Waals surface area contributed by atoms with Gasteiger partial charge in [0, 0.05) is 64.0 Å². The minimum atomic E-state index is 0.306. The van der Waals surface area contributed by atoms with Crippen LogP contribution in [-0.2, 0) is 4.79 Å². The van der Waals surface area contributed by atoms with E-state index in [-0.39, 0.29) is 0 Å². The van der Waals surface area contributed by atoms with E-state index < -0.39 is 0 Å². The second kappa shape index (κ2) is 7.61. The van der Waals surface area contributed by atoms with Crippen LogP contribution in [0.3, 0.4) is 0 Å². The lowest BCUT2D eigenvalue weighted by Crippen LogP contribution is -2.47. The van der Waals surface area contributed by atoms with E-state index in [2.05, 4.69) is 39.8 Å². The summed E-state index contributed by atoms with van der Waals surface area (Å²) in [6, 6.07) is 10.9. The maximum absolute atomic E-state index is 12.2. The number of likely N-dealkylation sites (tertiary alicyclic amines) is 1. The van der Waals surface area contributed by atoms with Gasteiger partial charge in [-0.3, -0.25) is 4.79 Å². The molecule has 0 aliphatic carbocycles. The highest BCUT2D eigenvalue weighted by molar-refractivity contribution is 5.76. The molecule has 1 amide bonds. The van der Waals surface area contributed by atoms with Crippen LogP contribution in [0.4, 0.5) is 5.69 Å². The molecule has 5 heteroatoms. The van der Waals surface area contributed by atoms with E-state index in [1.54, 1.807) is 0 Å². The smallest absolute Gasteiger partial charge is 0.223 e. The first-order chi connectivity index (χ1) is 10.8. The van der Waals surface area contributed by atoms with Gasteiger partial charge in [-0.05, 0) is 18.6 Å². The van der Waals surface area contributed by atoms with E-state index in [0.29, 0.717) is 18.4 Å². The molecule has 1 aromatic carbocycles. The topological polar surface area (TPSA) is 47.6 Å². The maximum atomic E-state index is 12.2. The Labute approximate surface area is 132 Å². The highest BCUT2D eigenvalue weighted by Gasteiger charge is 2.23. The Balaban J connectivity index is 1.38. The summed E-state index contributed by atoms with van der Waals surface area (Å²) < 4.78 is 0. The van der Waals surface area contributed by atoms with Gasteiger partial charge in [0.1, 0.15) is 0 Å². The van der Waals surface area contributed by atoms with Crippen LogP contribution in [-0.4, -0.2) is 67.6 Å². The molecule has 1 aromatic rings. The number of hydrogen-bond acceptors (Lipinski definition) is 4. The van der Waals surface area contributed by atoms with Gasteiger partial charge in [0.15, 0.2) is 0 Å². The molecule has 2 saturated heterocycles. The number of piperazine rings is 1. The molecule has 0 aromatic heterocycles. The minimum absolute atomic E-state index is 0.306. The lowest BCUT2D eigenvalue weighted by atomic mass is 10.2. The fraction of sp³-hybridized carbons (Fsp3) is 0.588. The van der Waals surface area contributed by atoms with Gasteiger partial charge in [-0.1, -0.05) is 18.2 Å². The molecule has 2 aliphatic heterocycles. The molecule has 0 saturated carbocycles. The second-order valence-electron chi connectivity index (χ2n) is 6.18. The van der Waals surface area contributed by atoms with Crippen molar-refractivity contribution in [3.05, 3.63) is 30.3 Å². The standard InChI is InChI=1S/C17H26N4O/c22-17(21-12-8-18-9-13-21)7-11-20-10-6-16(14-20)19-15-4-2-1-3-5-15/h1-5,16,18-19H,6-14H2. The van der Waals surface area contributed by atoms with Crippen molar-refractivity contribution in [2.75, 3.05) is 51.1 Å². The number of benzene rings is 1. The largest absolute Gasteiger partial charge is 0.381 e. The Hall–Kier alpha value is -1.59. The molecule has 120 valence electrons. The van der Waals surface area contributed by atoms with E-state index in [1.165, 1.54) is 5.69 Å². The number of carbonyl (C=O) groups excluding carboxylic acids is 1. The van der Waals surface area contributed by atoms with Crippen LogP contribution < -0.4 is 10.6 Å². The SMILES string of the molecule is O=C(CCN1CCC(Nc2ccccc2)C1)N1CCNCC1. The number of anilines is 1. The summed E-state index contributed by atoms with van der Waals surface area (Å²) in [6.07, 6.45) is 1.80. The van der Waals surface area contributed by atoms with Crippen molar-refractivity contribution in [2.45, 2.75) is 18.9 Å². The summed E-state index contributed by atoms with van der Waals surface area (Å²) in [5.74, 6) is 0.306. The van der Waals surface area contributed by atoms with Crippen molar-refractivity contribution in [2.24, 2.45) is 0 Å². The predicted molar refractivity (Wildman–Crippen MR) is 89.0 cm³/mol. The first-order valence-electron chi connectivity index (χ1n) is 8.34. The van der Waals surface area contributed by atoms with Crippen molar-refractivity contribution in [3.63, 3.8) is 0 Å². The zero-order chi connectivity index (χ0) is 15.2. The van der Waals surface area contributed by atoms with Gasteiger partial charge in [-0.2, -0.15) is 0 Å². The highest BCUT2D eigenvalue weighted by atomic mass is 16.2. The van der Waals surface area contributed by atoms with E-state index >= 15 is 0 Å². The van der Waals surface area contributed by atoms with Crippen LogP contribution in [0, 0.1) is 0 Å². The lowest BCUT2D eigenvalue weighted by molar-refractivity contribution is -0.132. The molecule has 3 rings (SSSR count). The number of nitrogens with one attached hydrogen (secondary N) is 2. The first kappa shape index (κ1) is 15.3. The molecule has 0 radical (unpaired) electrons. The van der Waals surface area contributed by atoms with Gasteiger partial charge in [-0.25, -0.2) is 0 Å². The molecule has 2 aliphatic rings. The Morgan fingerprint density at radius 3 is 2.73 bits per heavy atom. The van der Waals surface area contributed by atoms with Gasteiger partial charge in [0.05, 0.1) is 0 Å². The van der Waals surface area contributed by atoms with E-state index in [0.717, 1.165) is 52.2 Å². The van der Waals surface area contributed by atoms with Crippen molar-refractivity contribution in [1.29, 1.82) is 0 Å². The summed E-state index contributed by atoms with van der Waals surface area (Å²) in [7, 11) is 0. The van der Waals surface area contributed by atoms with Crippen LogP contribution >= 0.6 is 0 Å². The third kappa shape index (κ3) is 4.21. The molecule has 5 nitrogen and oxygen atoms in total. The average molecular weight is 302 g/mol. The quantitative estimate of drug-likeness (QED) is 0.852. The Morgan fingerprint density at radius 2 is 1.95 bits per heavy atom. The molecule has 22 heavy (non-hydrogen) atoms. The van der Waals surface area contributed by atoms with Crippen molar-refractivity contribution in [1.82, 2.24) is 15.1 Å². The van der Waals surface area contributed by atoms with E-state index in [9.17, 15) is 4.79 Å². The molecule has 1 unspecified atom stereocenters. The van der Waals surface area contributed by atoms with E-state index in [1.807, 2.05) is 11.0 Å². The van der Waals surface area contributed by atoms with Gasteiger partial charge in [0.25, 0.3) is 0 Å². The number of carbonyl (C=O) groups is 1. The normalized spacial score (nSPS) is 22.7. The molecule has 2 heterocycles. The number of rotatable bonds is 5. The fourth-order valence-electron chi connectivity index (χ4n) is 3.25. The second-order valence-corrected chi connectivity index (χ2v) is 6.18. The Kier molecular flexibility index (Phi) is 5.29. The summed E-state index contributed by atoms with van der Waals surface area (Å²) in [4.78, 5) is 16.6. The van der Waals surface area contributed by atoms with Crippen LogP contribution in [0.15, 0.2) is 30.3 Å². The zero-order valence-corrected chi connectivity index (χ0v) is 13.1. The molecule has 0 bridgehead atoms. The van der Waals surface area contributed by atoms with Crippen LogP contribution in [0.2, 0.25) is 0 Å². The Morgan fingerprint density at radius 1 is 1.18 bits per heavy atom. The van der Waals surface area contributed by atoms with Crippen LogP contribution in [0.25, 0.3) is 0 Å². The van der Waals surface area contributed by atoms with Crippen molar-refractivity contribution < 1.29 is 4.79 Å². The molecule has 1 atom stereocenters. The number of amides is 1. The average Bonchev–Trinajstić information content (AvgIpc) is 3.02. The fourth-order valence-corrected chi connectivity index (χ4v) is 3.25. The van der Waals surface area contributed by atoms with E-state index in [4.69, 9.17) is 0 Å². The number of para-hydroxylation sites is 1. The molecule has 0 spiro atoms. The minimum Gasteiger partial charge on any atom is -0.381 e. The van der Waals surface area contributed by atoms with Crippen molar-refractivity contribution >= 4 is 11.6 Å². The molecular formula is C17H26N4O. The zero-order valence-electron chi connectivity index (χ0n) is 13.1. The maximum Gasteiger partial charge on any atom is 0.223 e. The molecule has 2 N–H and O–H groups in total. The monoisotopic (exact) mass is 302 g/mol. The predicted octanol–water partition coefficient (Wildman–Crippen LogP) is 0.995. The lowest BCUT2D eigenvalue weighted by Gasteiger charge is -2.28. The van der Waals surface area contributed by atoms with Gasteiger partial charge >= 0.3 is 0 Å². The van der Waals surface area contributed by atoms with Gasteiger partial charge < -0.3 is 20.4 Å². The molecule has 2 fully saturated rings. The van der Waals surface area contributed by atoms with Crippen molar-refractivity contribution in [3.8, 4) is 0 Å². The summed E-state index contributed by atoms with van der Waals surface area (Å²) >= 11 is 0.